The van der Waals surface area contributed by atoms with Crippen molar-refractivity contribution in [1.29, 1.82) is 0 Å². The molecule has 1 aromatic heterocycles. The molecular formula is C16H19ClN3O4+. The maximum atomic E-state index is 12.4. The Morgan fingerprint density at radius 3 is 2.83 bits per heavy atom. The first kappa shape index (κ1) is 16.8. The maximum absolute atomic E-state index is 12.4. The van der Waals surface area contributed by atoms with Crippen LogP contribution in [0.5, 0.6) is 0 Å². The third-order valence-corrected chi connectivity index (χ3v) is 4.35. The normalized spacial score (nSPS) is 15.4. The first-order chi connectivity index (χ1) is 11.6. The number of aromatic amines is 1. The van der Waals surface area contributed by atoms with Crippen molar-refractivity contribution < 1.29 is 24.0 Å². The summed E-state index contributed by atoms with van der Waals surface area (Å²) in [6.45, 7) is 3.17. The van der Waals surface area contributed by atoms with Crippen LogP contribution >= 0.6 is 11.6 Å². The summed E-state index contributed by atoms with van der Waals surface area (Å²) in [5.41, 5.74) is 1.21. The highest BCUT2D eigenvalue weighted by Crippen LogP contribution is 2.33. The number of H-pyrrole nitrogens is 1. The van der Waals surface area contributed by atoms with E-state index < -0.39 is 5.97 Å². The molecule has 0 bridgehead atoms. The molecule has 8 heteroatoms. The van der Waals surface area contributed by atoms with E-state index in [2.05, 4.69) is 10.3 Å². The molecule has 0 unspecified atom stereocenters. The van der Waals surface area contributed by atoms with Crippen LogP contribution in [0.25, 0.3) is 10.9 Å². The molecule has 2 aromatic rings. The Labute approximate surface area is 143 Å². The molecule has 7 nitrogen and oxygen atoms in total. The number of ether oxygens (including phenoxy) is 2. The predicted octanol–water partition coefficient (Wildman–Crippen LogP) is 0.461. The summed E-state index contributed by atoms with van der Waals surface area (Å²) in [6, 6.07) is 5.27. The van der Waals surface area contributed by atoms with Crippen molar-refractivity contribution in [1.82, 2.24) is 4.98 Å². The van der Waals surface area contributed by atoms with E-state index in [0.29, 0.717) is 41.4 Å². The van der Waals surface area contributed by atoms with Gasteiger partial charge in [-0.15, -0.1) is 0 Å². The predicted molar refractivity (Wildman–Crippen MR) is 89.7 cm³/mol. The van der Waals surface area contributed by atoms with E-state index in [1.54, 1.807) is 18.2 Å². The number of carbonyl (C=O) groups is 2. The Hall–Kier alpha value is -2.09. The molecule has 2 heterocycles. The Morgan fingerprint density at radius 2 is 2.12 bits per heavy atom. The summed E-state index contributed by atoms with van der Waals surface area (Å²) >= 11 is 6.25. The van der Waals surface area contributed by atoms with Crippen molar-refractivity contribution in [2.45, 2.75) is 0 Å². The molecule has 0 radical (unpaired) electrons. The van der Waals surface area contributed by atoms with Gasteiger partial charge in [-0.2, -0.15) is 0 Å². The van der Waals surface area contributed by atoms with Crippen LogP contribution in [0, 0.1) is 0 Å². The smallest absolute Gasteiger partial charge is 0.356 e. The number of morpholine rings is 1. The molecular weight excluding hydrogens is 334 g/mol. The lowest BCUT2D eigenvalue weighted by atomic mass is 10.2. The van der Waals surface area contributed by atoms with Crippen LogP contribution in [0.1, 0.15) is 10.5 Å². The second kappa shape index (κ2) is 7.21. The molecule has 0 atom stereocenters. The summed E-state index contributed by atoms with van der Waals surface area (Å²) in [5.74, 6) is -0.742. The zero-order valence-electron chi connectivity index (χ0n) is 13.3. The topological polar surface area (TPSA) is 84.9 Å². The Morgan fingerprint density at radius 1 is 1.38 bits per heavy atom. The minimum absolute atomic E-state index is 0.183. The van der Waals surface area contributed by atoms with Gasteiger partial charge in [0.2, 0.25) is 0 Å². The Kier molecular flexibility index (Phi) is 5.03. The molecule has 0 saturated carbocycles. The van der Waals surface area contributed by atoms with Gasteiger partial charge in [0.15, 0.2) is 6.54 Å². The highest BCUT2D eigenvalue weighted by atomic mass is 35.5. The first-order valence-electron chi connectivity index (χ1n) is 7.70. The number of amides is 1. The number of esters is 1. The van der Waals surface area contributed by atoms with Gasteiger partial charge < -0.3 is 24.7 Å². The SMILES string of the molecule is COC(=O)c1[nH]c2cccc(Cl)c2c1NC(=O)C[NH+]1CCOCC1. The molecule has 1 aliphatic heterocycles. The van der Waals surface area contributed by atoms with Gasteiger partial charge in [-0.25, -0.2) is 4.79 Å². The molecule has 1 saturated heterocycles. The third kappa shape index (κ3) is 3.38. The van der Waals surface area contributed by atoms with Gasteiger partial charge in [-0.3, -0.25) is 4.79 Å². The van der Waals surface area contributed by atoms with Gasteiger partial charge in [0.1, 0.15) is 18.8 Å². The van der Waals surface area contributed by atoms with E-state index in [9.17, 15) is 9.59 Å². The molecule has 24 heavy (non-hydrogen) atoms. The fraction of sp³-hybridized carbons (Fsp3) is 0.375. The number of methoxy groups -OCH3 is 1. The quantitative estimate of drug-likeness (QED) is 0.698. The fourth-order valence-electron chi connectivity index (χ4n) is 2.83. The van der Waals surface area contributed by atoms with Crippen LogP contribution in [0.4, 0.5) is 5.69 Å². The van der Waals surface area contributed by atoms with E-state index in [1.165, 1.54) is 7.11 Å². The van der Waals surface area contributed by atoms with E-state index in [1.807, 2.05) is 0 Å². The number of hydrogen-bond acceptors (Lipinski definition) is 4. The van der Waals surface area contributed by atoms with Gasteiger partial charge in [0.25, 0.3) is 5.91 Å². The number of halogens is 1. The number of anilines is 1. The van der Waals surface area contributed by atoms with Crippen LogP contribution in [0.15, 0.2) is 18.2 Å². The lowest BCUT2D eigenvalue weighted by molar-refractivity contribution is -0.899. The van der Waals surface area contributed by atoms with Gasteiger partial charge in [-0.05, 0) is 12.1 Å². The number of rotatable bonds is 4. The highest BCUT2D eigenvalue weighted by molar-refractivity contribution is 6.37. The summed E-state index contributed by atoms with van der Waals surface area (Å²) in [6.07, 6.45) is 0. The highest BCUT2D eigenvalue weighted by Gasteiger charge is 2.24. The summed E-state index contributed by atoms with van der Waals surface area (Å²) in [7, 11) is 1.29. The Bertz CT molecular complexity index is 768. The summed E-state index contributed by atoms with van der Waals surface area (Å²) < 4.78 is 10.1. The van der Waals surface area contributed by atoms with Crippen molar-refractivity contribution in [3.05, 3.63) is 28.9 Å². The second-order valence-corrected chi connectivity index (χ2v) is 6.02. The molecule has 0 spiro atoms. The third-order valence-electron chi connectivity index (χ3n) is 4.04. The van der Waals surface area contributed by atoms with Gasteiger partial charge in [-0.1, -0.05) is 17.7 Å². The minimum atomic E-state index is -0.559. The van der Waals surface area contributed by atoms with Crippen molar-refractivity contribution >= 4 is 40.1 Å². The average molecular weight is 353 g/mol. The second-order valence-electron chi connectivity index (χ2n) is 5.62. The monoisotopic (exact) mass is 352 g/mol. The standard InChI is InChI=1S/C16H18ClN3O4/c1-23-16(22)15-14(13-10(17)3-2-4-11(13)18-15)19-12(21)9-20-5-7-24-8-6-20/h2-4,18H,5-9H2,1H3,(H,19,21)/p+1. The van der Waals surface area contributed by atoms with E-state index >= 15 is 0 Å². The van der Waals surface area contributed by atoms with E-state index in [0.717, 1.165) is 18.0 Å². The molecule has 3 N–H and O–H groups in total. The van der Waals surface area contributed by atoms with Crippen LogP contribution in [-0.2, 0) is 14.3 Å². The molecule has 1 fully saturated rings. The van der Waals surface area contributed by atoms with Crippen molar-refractivity contribution in [2.75, 3.05) is 45.3 Å². The lowest BCUT2D eigenvalue weighted by Crippen LogP contribution is -3.15. The average Bonchev–Trinajstić information content (AvgIpc) is 2.95. The van der Waals surface area contributed by atoms with Crippen LogP contribution in [0.2, 0.25) is 5.02 Å². The van der Waals surface area contributed by atoms with E-state index in [-0.39, 0.29) is 11.6 Å². The largest absolute Gasteiger partial charge is 0.464 e. The van der Waals surface area contributed by atoms with Crippen molar-refractivity contribution in [3.63, 3.8) is 0 Å². The zero-order chi connectivity index (χ0) is 17.1. The molecule has 1 aromatic carbocycles. The lowest BCUT2D eigenvalue weighted by Gasteiger charge is -2.23. The Balaban J connectivity index is 1.89. The number of hydrogen-bond donors (Lipinski definition) is 3. The summed E-state index contributed by atoms with van der Waals surface area (Å²) in [4.78, 5) is 28.5. The minimum Gasteiger partial charge on any atom is -0.464 e. The van der Waals surface area contributed by atoms with E-state index in [4.69, 9.17) is 21.1 Å². The van der Waals surface area contributed by atoms with Gasteiger partial charge >= 0.3 is 5.97 Å². The molecule has 0 aliphatic carbocycles. The molecule has 1 aliphatic rings. The van der Waals surface area contributed by atoms with Gasteiger partial charge in [0.05, 0.1) is 31.0 Å². The fourth-order valence-corrected chi connectivity index (χ4v) is 3.10. The van der Waals surface area contributed by atoms with Gasteiger partial charge in [0, 0.05) is 10.9 Å². The van der Waals surface area contributed by atoms with Crippen LogP contribution < -0.4 is 10.2 Å². The molecule has 3 rings (SSSR count). The number of benzene rings is 1. The molecule has 128 valence electrons. The first-order valence-corrected chi connectivity index (χ1v) is 8.07. The van der Waals surface area contributed by atoms with Crippen LogP contribution in [0.3, 0.4) is 0 Å². The zero-order valence-corrected chi connectivity index (χ0v) is 14.0. The number of fused-ring (bicyclic) bond motifs is 1. The summed E-state index contributed by atoms with van der Waals surface area (Å²) in [5, 5.41) is 3.87. The maximum Gasteiger partial charge on any atom is 0.356 e. The van der Waals surface area contributed by atoms with Crippen LogP contribution in [-0.4, -0.2) is 56.8 Å². The van der Waals surface area contributed by atoms with Crippen molar-refractivity contribution in [3.8, 4) is 0 Å². The van der Waals surface area contributed by atoms with Crippen molar-refractivity contribution in [2.24, 2.45) is 0 Å². The molecule has 1 amide bonds. The number of nitrogens with one attached hydrogen (secondary N) is 3. The number of quaternary nitrogens is 1. The number of aromatic nitrogens is 1. The number of carbonyl (C=O) groups excluding carboxylic acids is 2.